The van der Waals surface area contributed by atoms with Crippen LogP contribution in [0.2, 0.25) is 0 Å². The van der Waals surface area contributed by atoms with Crippen LogP contribution >= 0.6 is 0 Å². The third kappa shape index (κ3) is 3.25. The van der Waals surface area contributed by atoms with Crippen LogP contribution in [0.1, 0.15) is 25.7 Å². The van der Waals surface area contributed by atoms with Crippen LogP contribution in [-0.2, 0) is 0 Å². The maximum absolute atomic E-state index is 9.81. The summed E-state index contributed by atoms with van der Waals surface area (Å²) < 4.78 is 0. The first-order valence-corrected chi connectivity index (χ1v) is 10.2. The summed E-state index contributed by atoms with van der Waals surface area (Å²) in [5.41, 5.74) is 2.80. The zero-order chi connectivity index (χ0) is 18.3. The van der Waals surface area contributed by atoms with E-state index in [0.717, 1.165) is 50.5 Å². The Kier molecular flexibility index (Phi) is 4.20. The smallest absolute Gasteiger partial charge is 0.130 e. The van der Waals surface area contributed by atoms with E-state index in [2.05, 4.69) is 56.5 Å². The van der Waals surface area contributed by atoms with E-state index in [-0.39, 0.29) is 12.1 Å². The highest BCUT2D eigenvalue weighted by Gasteiger charge is 2.44. The van der Waals surface area contributed by atoms with Crippen molar-refractivity contribution >= 4 is 17.2 Å². The monoisotopic (exact) mass is 364 g/mol. The van der Waals surface area contributed by atoms with E-state index in [1.54, 1.807) is 0 Å². The molecule has 5 heteroatoms. The summed E-state index contributed by atoms with van der Waals surface area (Å²) >= 11 is 0. The standard InChI is InChI=1S/C22H28N4O/c27-20-7-6-19(20)24-17-8-11-23-21(14-17)26-13-10-22(16-26)9-12-25(15-22)18-4-2-1-3-5-18/h1-5,8,11,14,19-20,27H,6-7,9-10,12-13,15-16H2,(H,23,24). The van der Waals surface area contributed by atoms with Gasteiger partial charge in [-0.1, -0.05) is 18.2 Å². The molecule has 0 radical (unpaired) electrons. The minimum atomic E-state index is -0.209. The summed E-state index contributed by atoms with van der Waals surface area (Å²) in [6, 6.07) is 15.1. The zero-order valence-electron chi connectivity index (χ0n) is 15.7. The first-order valence-electron chi connectivity index (χ1n) is 10.2. The van der Waals surface area contributed by atoms with Gasteiger partial charge in [0.05, 0.1) is 12.1 Å². The maximum atomic E-state index is 9.81. The number of hydrogen-bond donors (Lipinski definition) is 2. The third-order valence-corrected chi connectivity index (χ3v) is 6.66. The summed E-state index contributed by atoms with van der Waals surface area (Å²) in [5, 5.41) is 13.3. The van der Waals surface area contributed by atoms with Crippen molar-refractivity contribution in [3.63, 3.8) is 0 Å². The number of aromatic nitrogens is 1. The molecule has 142 valence electrons. The number of anilines is 3. The molecule has 3 aliphatic rings. The number of hydrogen-bond acceptors (Lipinski definition) is 5. The van der Waals surface area contributed by atoms with E-state index in [1.165, 1.54) is 18.5 Å². The van der Waals surface area contributed by atoms with Crippen LogP contribution in [0.25, 0.3) is 0 Å². The normalized spacial score (nSPS) is 30.0. The van der Waals surface area contributed by atoms with Gasteiger partial charge >= 0.3 is 0 Å². The first-order chi connectivity index (χ1) is 13.2. The van der Waals surface area contributed by atoms with Gasteiger partial charge in [-0.15, -0.1) is 0 Å². The molecule has 1 aromatic carbocycles. The number of para-hydroxylation sites is 1. The van der Waals surface area contributed by atoms with Crippen LogP contribution < -0.4 is 15.1 Å². The van der Waals surface area contributed by atoms with Gasteiger partial charge < -0.3 is 20.2 Å². The Hall–Kier alpha value is -2.27. The lowest BCUT2D eigenvalue weighted by molar-refractivity contribution is 0.0786. The predicted octanol–water partition coefficient (Wildman–Crippen LogP) is 3.12. The molecule has 1 saturated carbocycles. The van der Waals surface area contributed by atoms with Crippen LogP contribution in [0.5, 0.6) is 0 Å². The van der Waals surface area contributed by atoms with E-state index in [9.17, 15) is 5.11 Å². The van der Waals surface area contributed by atoms with Crippen molar-refractivity contribution in [2.24, 2.45) is 5.41 Å². The second-order valence-corrected chi connectivity index (χ2v) is 8.48. The van der Waals surface area contributed by atoms with Gasteiger partial charge in [-0.25, -0.2) is 4.98 Å². The fourth-order valence-corrected chi connectivity index (χ4v) is 4.80. The highest BCUT2D eigenvalue weighted by Crippen LogP contribution is 2.42. The van der Waals surface area contributed by atoms with Crippen molar-refractivity contribution in [3.05, 3.63) is 48.7 Å². The molecule has 1 aliphatic carbocycles. The van der Waals surface area contributed by atoms with Gasteiger partial charge in [0.2, 0.25) is 0 Å². The quantitative estimate of drug-likeness (QED) is 0.873. The Morgan fingerprint density at radius 2 is 1.78 bits per heavy atom. The summed E-state index contributed by atoms with van der Waals surface area (Å²) in [6.07, 6.45) is 6.11. The molecular formula is C22H28N4O. The Labute approximate surface area is 161 Å². The lowest BCUT2D eigenvalue weighted by Gasteiger charge is -2.34. The molecule has 2 aromatic rings. The maximum Gasteiger partial charge on any atom is 0.130 e. The van der Waals surface area contributed by atoms with Crippen molar-refractivity contribution in [2.75, 3.05) is 41.3 Å². The molecule has 3 heterocycles. The minimum absolute atomic E-state index is 0.194. The van der Waals surface area contributed by atoms with E-state index in [1.807, 2.05) is 12.3 Å². The van der Waals surface area contributed by atoms with Gasteiger partial charge in [0.25, 0.3) is 0 Å². The summed E-state index contributed by atoms with van der Waals surface area (Å²) in [5.74, 6) is 1.06. The summed E-state index contributed by atoms with van der Waals surface area (Å²) in [7, 11) is 0. The first kappa shape index (κ1) is 16.9. The number of rotatable bonds is 4. The average molecular weight is 364 g/mol. The average Bonchev–Trinajstić information content (AvgIpc) is 3.33. The highest BCUT2D eigenvalue weighted by molar-refractivity contribution is 5.55. The van der Waals surface area contributed by atoms with Crippen molar-refractivity contribution in [1.82, 2.24) is 4.98 Å². The third-order valence-electron chi connectivity index (χ3n) is 6.66. The molecular weight excluding hydrogens is 336 g/mol. The van der Waals surface area contributed by atoms with Gasteiger partial charge in [0, 0.05) is 55.2 Å². The molecule has 3 fully saturated rings. The number of nitrogens with zero attached hydrogens (tertiary/aromatic N) is 3. The van der Waals surface area contributed by atoms with Crippen molar-refractivity contribution < 1.29 is 5.11 Å². The molecule has 1 aromatic heterocycles. The van der Waals surface area contributed by atoms with Crippen molar-refractivity contribution in [2.45, 2.75) is 37.8 Å². The number of aliphatic hydroxyl groups is 1. The summed E-state index contributed by atoms with van der Waals surface area (Å²) in [4.78, 5) is 9.61. The summed E-state index contributed by atoms with van der Waals surface area (Å²) in [6.45, 7) is 4.44. The lowest BCUT2D eigenvalue weighted by atomic mass is 9.86. The number of benzene rings is 1. The van der Waals surface area contributed by atoms with Gasteiger partial charge in [0.1, 0.15) is 5.82 Å². The van der Waals surface area contributed by atoms with Gasteiger partial charge in [-0.3, -0.25) is 0 Å². The predicted molar refractivity (Wildman–Crippen MR) is 109 cm³/mol. The van der Waals surface area contributed by atoms with Crippen LogP contribution in [0.3, 0.4) is 0 Å². The van der Waals surface area contributed by atoms with E-state index < -0.39 is 0 Å². The van der Waals surface area contributed by atoms with Crippen LogP contribution in [0.15, 0.2) is 48.7 Å². The Balaban J connectivity index is 1.26. The Morgan fingerprint density at radius 1 is 1.00 bits per heavy atom. The second kappa shape index (κ2) is 6.71. The van der Waals surface area contributed by atoms with Crippen molar-refractivity contribution in [3.8, 4) is 0 Å². The molecule has 3 atom stereocenters. The SMILES string of the molecule is OC1CCC1Nc1ccnc(N2CCC3(CCN(c4ccccc4)C3)C2)c1. The van der Waals surface area contributed by atoms with E-state index in [0.29, 0.717) is 5.41 Å². The molecule has 1 spiro atoms. The topological polar surface area (TPSA) is 51.6 Å². The minimum Gasteiger partial charge on any atom is -0.391 e. The van der Waals surface area contributed by atoms with Crippen molar-refractivity contribution in [1.29, 1.82) is 0 Å². The molecule has 2 saturated heterocycles. The van der Waals surface area contributed by atoms with E-state index in [4.69, 9.17) is 0 Å². The largest absolute Gasteiger partial charge is 0.391 e. The molecule has 2 N–H and O–H groups in total. The molecule has 3 unspecified atom stereocenters. The number of aliphatic hydroxyl groups excluding tert-OH is 1. The molecule has 0 bridgehead atoms. The molecule has 2 aliphatic heterocycles. The zero-order valence-corrected chi connectivity index (χ0v) is 15.7. The fraction of sp³-hybridized carbons (Fsp3) is 0.500. The molecule has 0 amide bonds. The van der Waals surface area contributed by atoms with Crippen LogP contribution in [0.4, 0.5) is 17.2 Å². The second-order valence-electron chi connectivity index (χ2n) is 8.48. The van der Waals surface area contributed by atoms with Gasteiger partial charge in [-0.2, -0.15) is 0 Å². The molecule has 5 rings (SSSR count). The van der Waals surface area contributed by atoms with Crippen LogP contribution in [-0.4, -0.2) is 48.4 Å². The fourth-order valence-electron chi connectivity index (χ4n) is 4.80. The Morgan fingerprint density at radius 3 is 2.52 bits per heavy atom. The molecule has 5 nitrogen and oxygen atoms in total. The van der Waals surface area contributed by atoms with Gasteiger partial charge in [0.15, 0.2) is 0 Å². The molecule has 27 heavy (non-hydrogen) atoms. The van der Waals surface area contributed by atoms with E-state index >= 15 is 0 Å². The lowest BCUT2D eigenvalue weighted by Crippen LogP contribution is -2.42. The number of pyridine rings is 1. The Bertz CT molecular complexity index is 798. The number of nitrogens with one attached hydrogen (secondary N) is 1. The van der Waals surface area contributed by atoms with Crippen LogP contribution in [0, 0.1) is 5.41 Å². The van der Waals surface area contributed by atoms with Gasteiger partial charge in [-0.05, 0) is 43.9 Å². The highest BCUT2D eigenvalue weighted by atomic mass is 16.3.